The molecule has 0 spiro atoms. The van der Waals surface area contributed by atoms with Crippen LogP contribution in [-0.2, 0) is 15.2 Å². The molecular formula is C25H24N2O3. The van der Waals surface area contributed by atoms with Crippen molar-refractivity contribution in [3.63, 3.8) is 0 Å². The molecule has 152 valence electrons. The molecule has 4 rings (SSSR count). The molecule has 5 heteroatoms. The van der Waals surface area contributed by atoms with E-state index in [1.807, 2.05) is 51.1 Å². The number of carbonyl (C=O) groups is 2. The summed E-state index contributed by atoms with van der Waals surface area (Å²) >= 11 is 0. The Balaban J connectivity index is 1.66. The molecule has 5 nitrogen and oxygen atoms in total. The number of aliphatic hydroxyl groups is 1. The van der Waals surface area contributed by atoms with Crippen LogP contribution in [0, 0.1) is 20.8 Å². The van der Waals surface area contributed by atoms with Gasteiger partial charge in [-0.2, -0.15) is 0 Å². The summed E-state index contributed by atoms with van der Waals surface area (Å²) in [5.74, 6) is -0.844. The van der Waals surface area contributed by atoms with Crippen LogP contribution in [0.3, 0.4) is 0 Å². The van der Waals surface area contributed by atoms with Crippen molar-refractivity contribution in [3.8, 4) is 0 Å². The first-order chi connectivity index (χ1) is 14.3. The lowest BCUT2D eigenvalue weighted by Gasteiger charge is -2.24. The van der Waals surface area contributed by atoms with Gasteiger partial charge < -0.3 is 10.4 Å². The smallest absolute Gasteiger partial charge is 0.268 e. The quantitative estimate of drug-likeness (QED) is 0.699. The summed E-state index contributed by atoms with van der Waals surface area (Å²) in [6, 6.07) is 20.1. The first-order valence-corrected chi connectivity index (χ1v) is 9.89. The molecule has 1 atom stereocenters. The first-order valence-electron chi connectivity index (χ1n) is 9.89. The normalized spacial score (nSPS) is 17.7. The van der Waals surface area contributed by atoms with Crippen molar-refractivity contribution in [1.29, 1.82) is 0 Å². The summed E-state index contributed by atoms with van der Waals surface area (Å²) < 4.78 is 0. The number of nitrogens with zero attached hydrogens (tertiary/aromatic N) is 1. The largest absolute Gasteiger partial charge is 0.372 e. The number of carbonyl (C=O) groups excluding carboxylic acids is 2. The summed E-state index contributed by atoms with van der Waals surface area (Å²) in [6.07, 6.45) is 0. The highest BCUT2D eigenvalue weighted by Gasteiger charge is 2.51. The third-order valence-electron chi connectivity index (χ3n) is 5.58. The topological polar surface area (TPSA) is 69.6 Å². The third kappa shape index (κ3) is 3.27. The average molecular weight is 400 g/mol. The van der Waals surface area contributed by atoms with Gasteiger partial charge in [-0.3, -0.25) is 14.5 Å². The Kier molecular flexibility index (Phi) is 4.92. The molecule has 2 N–H and O–H groups in total. The van der Waals surface area contributed by atoms with Crippen LogP contribution in [0.4, 0.5) is 11.4 Å². The van der Waals surface area contributed by atoms with Gasteiger partial charge in [0.1, 0.15) is 6.54 Å². The Labute approximate surface area is 176 Å². The lowest BCUT2D eigenvalue weighted by molar-refractivity contribution is -0.133. The van der Waals surface area contributed by atoms with E-state index in [0.717, 1.165) is 16.7 Å². The van der Waals surface area contributed by atoms with Crippen LogP contribution in [0.5, 0.6) is 0 Å². The minimum absolute atomic E-state index is 0.183. The predicted octanol–water partition coefficient (Wildman–Crippen LogP) is 3.83. The minimum atomic E-state index is -1.82. The number of rotatable bonds is 4. The van der Waals surface area contributed by atoms with Crippen LogP contribution in [-0.4, -0.2) is 23.5 Å². The fraction of sp³-hybridized carbons (Fsp3) is 0.200. The highest BCUT2D eigenvalue weighted by molar-refractivity contribution is 6.12. The molecule has 2 amide bonds. The van der Waals surface area contributed by atoms with E-state index in [4.69, 9.17) is 0 Å². The summed E-state index contributed by atoms with van der Waals surface area (Å²) in [4.78, 5) is 27.5. The van der Waals surface area contributed by atoms with Crippen LogP contribution < -0.4 is 10.2 Å². The third-order valence-corrected chi connectivity index (χ3v) is 5.58. The number of hydrogen-bond donors (Lipinski definition) is 2. The van der Waals surface area contributed by atoms with Crippen molar-refractivity contribution in [2.24, 2.45) is 0 Å². The Morgan fingerprint density at radius 1 is 0.967 bits per heavy atom. The van der Waals surface area contributed by atoms with Gasteiger partial charge in [-0.25, -0.2) is 0 Å². The summed E-state index contributed by atoms with van der Waals surface area (Å²) in [5, 5.41) is 14.4. The second-order valence-corrected chi connectivity index (χ2v) is 7.85. The highest BCUT2D eigenvalue weighted by atomic mass is 16.3. The van der Waals surface area contributed by atoms with E-state index in [9.17, 15) is 14.7 Å². The van der Waals surface area contributed by atoms with Crippen LogP contribution in [0.25, 0.3) is 0 Å². The van der Waals surface area contributed by atoms with E-state index >= 15 is 0 Å². The van der Waals surface area contributed by atoms with Crippen molar-refractivity contribution in [2.75, 3.05) is 16.8 Å². The van der Waals surface area contributed by atoms with Crippen LogP contribution >= 0.6 is 0 Å². The molecule has 0 unspecified atom stereocenters. The number of anilines is 2. The lowest BCUT2D eigenvalue weighted by atomic mass is 9.87. The van der Waals surface area contributed by atoms with E-state index in [1.165, 1.54) is 4.90 Å². The number of benzene rings is 3. The lowest BCUT2D eigenvalue weighted by Crippen LogP contribution is -2.44. The number of fused-ring (bicyclic) bond motifs is 1. The van der Waals surface area contributed by atoms with Gasteiger partial charge in [0.05, 0.1) is 5.69 Å². The molecule has 0 aromatic heterocycles. The van der Waals surface area contributed by atoms with Gasteiger partial charge in [0, 0.05) is 11.3 Å². The zero-order chi connectivity index (χ0) is 21.5. The molecule has 1 heterocycles. The summed E-state index contributed by atoms with van der Waals surface area (Å²) in [7, 11) is 0. The number of hydrogen-bond acceptors (Lipinski definition) is 3. The van der Waals surface area contributed by atoms with Crippen molar-refractivity contribution in [1.82, 2.24) is 0 Å². The Bertz CT molecular complexity index is 1140. The van der Waals surface area contributed by atoms with Crippen molar-refractivity contribution in [2.45, 2.75) is 26.4 Å². The molecule has 3 aromatic carbocycles. The molecule has 1 aliphatic rings. The molecule has 1 aliphatic heterocycles. The zero-order valence-corrected chi connectivity index (χ0v) is 17.3. The van der Waals surface area contributed by atoms with Crippen LogP contribution in [0.1, 0.15) is 27.8 Å². The SMILES string of the molecule is Cc1ccc([C@]2(O)C(=O)N(CC(=O)Nc3cc(C)ccc3C)c3ccccc32)cc1. The van der Waals surface area contributed by atoms with Crippen LogP contribution in [0.2, 0.25) is 0 Å². The van der Waals surface area contributed by atoms with E-state index in [2.05, 4.69) is 5.32 Å². The molecule has 3 aromatic rings. The Morgan fingerprint density at radius 2 is 1.63 bits per heavy atom. The molecule has 0 aliphatic carbocycles. The Hall–Kier alpha value is -3.44. The number of aryl methyl sites for hydroxylation is 3. The van der Waals surface area contributed by atoms with Gasteiger partial charge in [-0.15, -0.1) is 0 Å². The average Bonchev–Trinajstić information content (AvgIpc) is 2.94. The second-order valence-electron chi connectivity index (χ2n) is 7.85. The van der Waals surface area contributed by atoms with E-state index in [0.29, 0.717) is 22.5 Å². The molecule has 0 bridgehead atoms. The van der Waals surface area contributed by atoms with Crippen LogP contribution in [0.15, 0.2) is 66.7 Å². The number of amides is 2. The van der Waals surface area contributed by atoms with Crippen molar-refractivity contribution < 1.29 is 14.7 Å². The summed E-state index contributed by atoms with van der Waals surface area (Å²) in [5.41, 5.74) is 3.43. The van der Waals surface area contributed by atoms with Gasteiger partial charge in [0.15, 0.2) is 5.60 Å². The summed E-state index contributed by atoms with van der Waals surface area (Å²) in [6.45, 7) is 5.64. The number of para-hydroxylation sites is 1. The fourth-order valence-electron chi connectivity index (χ4n) is 3.87. The maximum atomic E-state index is 13.4. The van der Waals surface area contributed by atoms with Gasteiger partial charge >= 0.3 is 0 Å². The molecule has 0 radical (unpaired) electrons. The molecule has 0 saturated heterocycles. The predicted molar refractivity (Wildman–Crippen MR) is 118 cm³/mol. The standard InChI is InChI=1S/C25H24N2O3/c1-16-9-12-19(13-10-16)25(30)20-6-4-5-7-22(20)27(24(25)29)15-23(28)26-21-14-17(2)8-11-18(21)3/h4-14,30H,15H2,1-3H3,(H,26,28)/t25-/m1/s1. The molecule has 0 saturated carbocycles. The number of nitrogens with one attached hydrogen (secondary N) is 1. The maximum absolute atomic E-state index is 13.4. The van der Waals surface area contributed by atoms with Gasteiger partial charge in [-0.1, -0.05) is 60.2 Å². The fourth-order valence-corrected chi connectivity index (χ4v) is 3.87. The van der Waals surface area contributed by atoms with E-state index in [-0.39, 0.29) is 12.5 Å². The highest BCUT2D eigenvalue weighted by Crippen LogP contribution is 2.44. The van der Waals surface area contributed by atoms with Crippen molar-refractivity contribution >= 4 is 23.2 Å². The molecular weight excluding hydrogens is 376 g/mol. The monoisotopic (exact) mass is 400 g/mol. The zero-order valence-electron chi connectivity index (χ0n) is 17.3. The second kappa shape index (κ2) is 7.43. The molecule has 30 heavy (non-hydrogen) atoms. The van der Waals surface area contributed by atoms with Gasteiger partial charge in [-0.05, 0) is 49.6 Å². The first kappa shape index (κ1) is 19.9. The minimum Gasteiger partial charge on any atom is -0.372 e. The van der Waals surface area contributed by atoms with E-state index in [1.54, 1.807) is 36.4 Å². The van der Waals surface area contributed by atoms with Gasteiger partial charge in [0.2, 0.25) is 5.91 Å². The van der Waals surface area contributed by atoms with Crippen molar-refractivity contribution in [3.05, 3.63) is 94.5 Å². The maximum Gasteiger partial charge on any atom is 0.268 e. The van der Waals surface area contributed by atoms with E-state index < -0.39 is 11.5 Å². The Morgan fingerprint density at radius 3 is 2.37 bits per heavy atom. The van der Waals surface area contributed by atoms with Gasteiger partial charge in [0.25, 0.3) is 5.91 Å². The molecule has 0 fully saturated rings.